The van der Waals surface area contributed by atoms with Crippen LogP contribution < -0.4 is 10.1 Å². The van der Waals surface area contributed by atoms with E-state index < -0.39 is 0 Å². The van der Waals surface area contributed by atoms with Crippen molar-refractivity contribution in [3.63, 3.8) is 0 Å². The number of benzene rings is 1. The second kappa shape index (κ2) is 6.10. The normalized spacial score (nSPS) is 17.3. The highest BCUT2D eigenvalue weighted by Crippen LogP contribution is 2.40. The number of aromatic nitrogens is 1. The monoisotopic (exact) mass is 339 g/mol. The maximum atomic E-state index is 9.16. The average molecular weight is 340 g/mol. The van der Waals surface area contributed by atoms with Crippen molar-refractivity contribution in [1.82, 2.24) is 4.37 Å². The highest BCUT2D eigenvalue weighted by Gasteiger charge is 2.23. The molecule has 0 saturated carbocycles. The van der Waals surface area contributed by atoms with Crippen LogP contribution >= 0.6 is 34.7 Å². The Hall–Kier alpha value is -1.48. The fraction of sp³-hybridized carbons (Fsp3) is 0.286. The number of nitrogens with zero attached hydrogens (tertiary/aromatic N) is 2. The van der Waals surface area contributed by atoms with Crippen LogP contribution in [0.2, 0.25) is 10.2 Å². The molecule has 1 aliphatic rings. The number of nitrogens with one attached hydrogen (secondary N) is 1. The first-order valence-electron chi connectivity index (χ1n) is 6.43. The van der Waals surface area contributed by atoms with Crippen molar-refractivity contribution >= 4 is 39.7 Å². The molecule has 1 aromatic carbocycles. The summed E-state index contributed by atoms with van der Waals surface area (Å²) in [4.78, 5) is 0. The predicted molar refractivity (Wildman–Crippen MR) is 84.4 cm³/mol. The fourth-order valence-corrected chi connectivity index (χ4v) is 3.57. The molecule has 0 saturated heterocycles. The summed E-state index contributed by atoms with van der Waals surface area (Å²) in [6, 6.07) is 7.79. The zero-order valence-corrected chi connectivity index (χ0v) is 13.2. The lowest BCUT2D eigenvalue weighted by Gasteiger charge is -2.19. The Morgan fingerprint density at radius 3 is 3.10 bits per heavy atom. The van der Waals surface area contributed by atoms with Crippen molar-refractivity contribution in [1.29, 1.82) is 5.26 Å². The minimum atomic E-state index is 0.0183. The fourth-order valence-electron chi connectivity index (χ4n) is 2.34. The largest absolute Gasteiger partial charge is 0.492 e. The number of hydrogen-bond acceptors (Lipinski definition) is 5. The van der Waals surface area contributed by atoms with Gasteiger partial charge in [0.05, 0.1) is 17.7 Å². The summed E-state index contributed by atoms with van der Waals surface area (Å²) in [5.74, 6) is 0.711. The van der Waals surface area contributed by atoms with Crippen molar-refractivity contribution < 1.29 is 4.74 Å². The number of para-hydroxylation sites is 1. The molecule has 21 heavy (non-hydrogen) atoms. The molecule has 1 aliphatic heterocycles. The number of rotatable bonds is 2. The van der Waals surface area contributed by atoms with E-state index in [-0.39, 0.29) is 11.2 Å². The average Bonchev–Trinajstić information content (AvgIpc) is 2.69. The van der Waals surface area contributed by atoms with Crippen LogP contribution in [0.15, 0.2) is 18.2 Å². The molecule has 1 atom stereocenters. The highest BCUT2D eigenvalue weighted by atomic mass is 35.5. The minimum Gasteiger partial charge on any atom is -0.492 e. The second-order valence-corrected chi connectivity index (χ2v) is 6.17. The van der Waals surface area contributed by atoms with Crippen LogP contribution in [0.4, 0.5) is 5.00 Å². The van der Waals surface area contributed by atoms with E-state index in [0.717, 1.165) is 18.4 Å². The van der Waals surface area contributed by atoms with Crippen LogP contribution in [0.25, 0.3) is 0 Å². The third kappa shape index (κ3) is 2.80. The first-order valence-corrected chi connectivity index (χ1v) is 7.96. The Balaban J connectivity index is 1.96. The molecule has 1 aromatic heterocycles. The summed E-state index contributed by atoms with van der Waals surface area (Å²) < 4.78 is 9.75. The maximum absolute atomic E-state index is 9.16. The first kappa shape index (κ1) is 14.5. The van der Waals surface area contributed by atoms with Crippen molar-refractivity contribution in [2.75, 3.05) is 11.9 Å². The lowest BCUT2D eigenvalue weighted by atomic mass is 10.0. The molecule has 0 amide bonds. The molecular formula is C14H11Cl2N3OS. The number of fused-ring (bicyclic) bond motifs is 1. The van der Waals surface area contributed by atoms with E-state index in [1.165, 1.54) is 11.5 Å². The maximum Gasteiger partial charge on any atom is 0.162 e. The van der Waals surface area contributed by atoms with Gasteiger partial charge in [0.1, 0.15) is 22.4 Å². The molecule has 7 heteroatoms. The molecule has 108 valence electrons. The van der Waals surface area contributed by atoms with Gasteiger partial charge in [-0.1, -0.05) is 35.3 Å². The Kier molecular flexibility index (Phi) is 4.20. The second-order valence-electron chi connectivity index (χ2n) is 4.64. The molecule has 0 radical (unpaired) electrons. The van der Waals surface area contributed by atoms with Crippen LogP contribution in [-0.2, 0) is 0 Å². The summed E-state index contributed by atoms with van der Waals surface area (Å²) in [5, 5.41) is 14.0. The summed E-state index contributed by atoms with van der Waals surface area (Å²) in [5.41, 5.74) is 1.38. The van der Waals surface area contributed by atoms with Crippen LogP contribution in [-0.4, -0.2) is 11.0 Å². The van der Waals surface area contributed by atoms with Gasteiger partial charge in [-0.05, 0) is 30.4 Å². The molecule has 4 nitrogen and oxygen atoms in total. The number of nitriles is 1. The highest BCUT2D eigenvalue weighted by molar-refractivity contribution is 7.10. The molecule has 1 unspecified atom stereocenters. The Labute approximate surface area is 136 Å². The van der Waals surface area contributed by atoms with E-state index in [2.05, 4.69) is 15.8 Å². The van der Waals surface area contributed by atoms with E-state index in [0.29, 0.717) is 27.9 Å². The summed E-state index contributed by atoms with van der Waals surface area (Å²) in [6.07, 6.45) is 1.78. The van der Waals surface area contributed by atoms with Gasteiger partial charge in [-0.25, -0.2) is 0 Å². The smallest absolute Gasteiger partial charge is 0.162 e. The van der Waals surface area contributed by atoms with Gasteiger partial charge in [0.2, 0.25) is 0 Å². The molecule has 0 fully saturated rings. The number of halogens is 2. The van der Waals surface area contributed by atoms with Gasteiger partial charge in [-0.3, -0.25) is 0 Å². The molecule has 2 aromatic rings. The quantitative estimate of drug-likeness (QED) is 0.865. The van der Waals surface area contributed by atoms with Crippen LogP contribution in [0.5, 0.6) is 5.75 Å². The summed E-state index contributed by atoms with van der Waals surface area (Å²) in [6.45, 7) is 0.628. The summed E-state index contributed by atoms with van der Waals surface area (Å²) in [7, 11) is 0. The van der Waals surface area contributed by atoms with Gasteiger partial charge in [-0.15, -0.1) is 0 Å². The zero-order valence-electron chi connectivity index (χ0n) is 10.9. The minimum absolute atomic E-state index is 0.0183. The number of hydrogen-bond donors (Lipinski definition) is 1. The molecule has 0 spiro atoms. The van der Waals surface area contributed by atoms with E-state index in [1.807, 2.05) is 18.2 Å². The van der Waals surface area contributed by atoms with Crippen LogP contribution in [0.1, 0.15) is 30.0 Å². The van der Waals surface area contributed by atoms with Crippen molar-refractivity contribution in [2.24, 2.45) is 0 Å². The lowest BCUT2D eigenvalue weighted by molar-refractivity contribution is 0.316. The van der Waals surface area contributed by atoms with Gasteiger partial charge in [-0.2, -0.15) is 9.64 Å². The first-order chi connectivity index (χ1) is 10.2. The van der Waals surface area contributed by atoms with E-state index in [4.69, 9.17) is 33.2 Å². The Morgan fingerprint density at radius 2 is 2.29 bits per heavy atom. The molecule has 0 bridgehead atoms. The lowest BCUT2D eigenvalue weighted by Crippen LogP contribution is -2.10. The van der Waals surface area contributed by atoms with E-state index in [9.17, 15) is 0 Å². The van der Waals surface area contributed by atoms with Crippen molar-refractivity contribution in [3.8, 4) is 11.8 Å². The molecule has 1 N–H and O–H groups in total. The molecular weight excluding hydrogens is 329 g/mol. The third-order valence-electron chi connectivity index (χ3n) is 3.32. The SMILES string of the molecule is N#Cc1c(Cl)nsc1NC1CCCOc2c(Cl)cccc21. The van der Waals surface area contributed by atoms with E-state index >= 15 is 0 Å². The van der Waals surface area contributed by atoms with Crippen molar-refractivity contribution in [3.05, 3.63) is 39.5 Å². The van der Waals surface area contributed by atoms with Gasteiger partial charge in [0.15, 0.2) is 5.15 Å². The summed E-state index contributed by atoms with van der Waals surface area (Å²) >= 11 is 13.3. The third-order valence-corrected chi connectivity index (χ3v) is 4.77. The van der Waals surface area contributed by atoms with Gasteiger partial charge in [0.25, 0.3) is 0 Å². The molecule has 3 rings (SSSR count). The van der Waals surface area contributed by atoms with E-state index in [1.54, 1.807) is 0 Å². The van der Waals surface area contributed by atoms with Crippen molar-refractivity contribution in [2.45, 2.75) is 18.9 Å². The Morgan fingerprint density at radius 1 is 1.43 bits per heavy atom. The number of ether oxygens (including phenoxy) is 1. The number of anilines is 1. The van der Waals surface area contributed by atoms with Crippen LogP contribution in [0.3, 0.4) is 0 Å². The molecule has 2 heterocycles. The zero-order chi connectivity index (χ0) is 14.8. The Bertz CT molecular complexity index is 711. The van der Waals surface area contributed by atoms with Gasteiger partial charge < -0.3 is 10.1 Å². The topological polar surface area (TPSA) is 57.9 Å². The van der Waals surface area contributed by atoms with Gasteiger partial charge in [0, 0.05) is 5.56 Å². The van der Waals surface area contributed by atoms with Crippen LogP contribution in [0, 0.1) is 11.3 Å². The van der Waals surface area contributed by atoms with Gasteiger partial charge >= 0.3 is 0 Å². The predicted octanol–water partition coefficient (Wildman–Crippen LogP) is 4.65. The standard InChI is InChI=1S/C14H11Cl2N3OS/c15-10-4-1-3-8-11(5-2-6-20-12(8)10)18-14-9(7-17)13(16)19-21-14/h1,3-4,11,18H,2,5-6H2. The molecule has 0 aliphatic carbocycles.